The molecular weight excluding hydrogens is 326 g/mol. The number of carbonyl (C=O) groups excluding carboxylic acids is 1. The predicted molar refractivity (Wildman–Crippen MR) is 94.7 cm³/mol. The van der Waals surface area contributed by atoms with Gasteiger partial charge in [0.1, 0.15) is 0 Å². The number of hydrogen-bond acceptors (Lipinski definition) is 4. The van der Waals surface area contributed by atoms with Crippen LogP contribution in [0, 0.1) is 13.8 Å². The molecule has 7 heteroatoms. The molecule has 0 saturated heterocycles. The third-order valence-electron chi connectivity index (χ3n) is 3.76. The second-order valence-corrected chi connectivity index (χ2v) is 5.90. The molecule has 1 heterocycles. The molecule has 0 fully saturated rings. The topological polar surface area (TPSA) is 85.8 Å². The number of nitrogens with one attached hydrogen (secondary N) is 1. The van der Waals surface area contributed by atoms with Gasteiger partial charge >= 0.3 is 0 Å². The van der Waals surface area contributed by atoms with E-state index in [0.29, 0.717) is 16.4 Å². The third-order valence-corrected chi connectivity index (χ3v) is 4.01. The zero-order valence-corrected chi connectivity index (χ0v) is 14.0. The molecule has 6 nitrogen and oxygen atoms in total. The van der Waals surface area contributed by atoms with Gasteiger partial charge in [0, 0.05) is 10.7 Å². The van der Waals surface area contributed by atoms with E-state index in [0.717, 1.165) is 11.1 Å². The van der Waals surface area contributed by atoms with Crippen molar-refractivity contribution in [3.8, 4) is 5.69 Å². The summed E-state index contributed by atoms with van der Waals surface area (Å²) in [5, 5.41) is 11.2. The average molecular weight is 342 g/mol. The maximum atomic E-state index is 12.4. The minimum Gasteiger partial charge on any atom is -0.382 e. The van der Waals surface area contributed by atoms with Crippen molar-refractivity contribution in [2.45, 2.75) is 13.8 Å². The van der Waals surface area contributed by atoms with Gasteiger partial charge in [0.05, 0.1) is 5.69 Å². The number of benzene rings is 2. The van der Waals surface area contributed by atoms with Gasteiger partial charge in [-0.05, 0) is 61.4 Å². The Hall–Kier alpha value is -2.86. The summed E-state index contributed by atoms with van der Waals surface area (Å²) in [4.78, 5) is 12.4. The molecule has 0 aliphatic carbocycles. The van der Waals surface area contributed by atoms with Crippen LogP contribution >= 0.6 is 11.6 Å². The Kier molecular flexibility index (Phi) is 4.22. The molecule has 3 rings (SSSR count). The summed E-state index contributed by atoms with van der Waals surface area (Å²) in [6, 6.07) is 12.6. The van der Waals surface area contributed by atoms with E-state index in [9.17, 15) is 4.79 Å². The minimum absolute atomic E-state index is 0.0724. The number of amides is 1. The maximum Gasteiger partial charge on any atom is 0.280 e. The number of nitrogens with two attached hydrogens (primary N) is 1. The largest absolute Gasteiger partial charge is 0.382 e. The molecule has 3 aromatic rings. The van der Waals surface area contributed by atoms with Gasteiger partial charge < -0.3 is 11.1 Å². The Bertz CT molecular complexity index is 902. The Balaban J connectivity index is 1.85. The van der Waals surface area contributed by atoms with Crippen LogP contribution in [0.1, 0.15) is 21.6 Å². The number of aryl methyl sites for hydroxylation is 2. The van der Waals surface area contributed by atoms with Gasteiger partial charge in [-0.2, -0.15) is 4.68 Å². The fourth-order valence-electron chi connectivity index (χ4n) is 2.23. The van der Waals surface area contributed by atoms with Crippen LogP contribution in [0.3, 0.4) is 0 Å². The molecular formula is C17H16ClN5O. The molecule has 3 N–H and O–H groups in total. The van der Waals surface area contributed by atoms with E-state index < -0.39 is 5.91 Å². The van der Waals surface area contributed by atoms with Crippen molar-refractivity contribution in [1.29, 1.82) is 0 Å². The molecule has 0 spiro atoms. The number of halogens is 1. The maximum absolute atomic E-state index is 12.4. The third kappa shape index (κ3) is 3.09. The number of hydrogen-bond donors (Lipinski definition) is 2. The van der Waals surface area contributed by atoms with Gasteiger partial charge in [-0.3, -0.25) is 4.79 Å². The molecule has 2 aromatic carbocycles. The van der Waals surface area contributed by atoms with Crippen molar-refractivity contribution in [2.75, 3.05) is 11.1 Å². The number of nitrogen functional groups attached to an aromatic ring is 1. The fourth-order valence-corrected chi connectivity index (χ4v) is 2.36. The van der Waals surface area contributed by atoms with Crippen LogP contribution in [0.4, 0.5) is 11.5 Å². The molecule has 0 aliphatic rings. The normalized spacial score (nSPS) is 10.6. The molecule has 1 amide bonds. The highest BCUT2D eigenvalue weighted by molar-refractivity contribution is 6.30. The van der Waals surface area contributed by atoms with Crippen LogP contribution in [0.25, 0.3) is 5.69 Å². The second kappa shape index (κ2) is 6.33. The number of carbonyl (C=O) groups is 1. The van der Waals surface area contributed by atoms with Gasteiger partial charge in [-0.25, -0.2) is 0 Å². The predicted octanol–water partition coefficient (Wildman–Crippen LogP) is 3.37. The van der Waals surface area contributed by atoms with E-state index in [1.165, 1.54) is 4.68 Å². The molecule has 24 heavy (non-hydrogen) atoms. The highest BCUT2D eigenvalue weighted by Gasteiger charge is 2.18. The van der Waals surface area contributed by atoms with Crippen LogP contribution < -0.4 is 11.1 Å². The van der Waals surface area contributed by atoms with Crippen LogP contribution in [-0.4, -0.2) is 20.9 Å². The lowest BCUT2D eigenvalue weighted by Crippen LogP contribution is -2.15. The number of aromatic nitrogens is 3. The summed E-state index contributed by atoms with van der Waals surface area (Å²) in [6.45, 7) is 3.99. The quantitative estimate of drug-likeness (QED) is 0.764. The van der Waals surface area contributed by atoms with E-state index >= 15 is 0 Å². The SMILES string of the molecule is Cc1ccc(NC(=O)c2nnn(-c3ccc(Cl)cc3)c2N)cc1C. The second-order valence-electron chi connectivity index (χ2n) is 5.46. The first-order chi connectivity index (χ1) is 11.5. The molecule has 0 atom stereocenters. The molecule has 0 saturated carbocycles. The lowest BCUT2D eigenvalue weighted by molar-refractivity contribution is 0.102. The summed E-state index contributed by atoms with van der Waals surface area (Å²) in [6.07, 6.45) is 0. The monoisotopic (exact) mass is 341 g/mol. The van der Waals surface area contributed by atoms with E-state index in [1.54, 1.807) is 24.3 Å². The molecule has 0 aliphatic heterocycles. The highest BCUT2D eigenvalue weighted by Crippen LogP contribution is 2.19. The van der Waals surface area contributed by atoms with Gasteiger partial charge in [0.25, 0.3) is 5.91 Å². The van der Waals surface area contributed by atoms with Crippen LogP contribution in [0.15, 0.2) is 42.5 Å². The van der Waals surface area contributed by atoms with Gasteiger partial charge in [-0.1, -0.05) is 22.9 Å². The fraction of sp³-hybridized carbons (Fsp3) is 0.118. The first kappa shape index (κ1) is 16.0. The van der Waals surface area contributed by atoms with Gasteiger partial charge in [-0.15, -0.1) is 5.10 Å². The average Bonchev–Trinajstić information content (AvgIpc) is 2.93. The highest BCUT2D eigenvalue weighted by atomic mass is 35.5. The van der Waals surface area contributed by atoms with Crippen molar-refractivity contribution in [2.24, 2.45) is 0 Å². The lowest BCUT2D eigenvalue weighted by atomic mass is 10.1. The zero-order valence-electron chi connectivity index (χ0n) is 13.2. The summed E-state index contributed by atoms with van der Waals surface area (Å²) in [5.74, 6) is -0.241. The molecule has 122 valence electrons. The van der Waals surface area contributed by atoms with Crippen molar-refractivity contribution >= 4 is 29.0 Å². The summed E-state index contributed by atoms with van der Waals surface area (Å²) in [5.41, 5.74) is 9.70. The number of rotatable bonds is 3. The smallest absolute Gasteiger partial charge is 0.280 e. The Labute approximate surface area is 144 Å². The summed E-state index contributed by atoms with van der Waals surface area (Å²) < 4.78 is 1.39. The van der Waals surface area contributed by atoms with Crippen molar-refractivity contribution in [3.63, 3.8) is 0 Å². The molecule has 0 radical (unpaired) electrons. The number of anilines is 2. The first-order valence-corrected chi connectivity index (χ1v) is 7.69. The van der Waals surface area contributed by atoms with E-state index in [2.05, 4.69) is 15.6 Å². The van der Waals surface area contributed by atoms with Crippen LogP contribution in [0.2, 0.25) is 5.02 Å². The Morgan fingerprint density at radius 1 is 1.12 bits per heavy atom. The van der Waals surface area contributed by atoms with E-state index in [4.69, 9.17) is 17.3 Å². The summed E-state index contributed by atoms with van der Waals surface area (Å²) >= 11 is 5.87. The summed E-state index contributed by atoms with van der Waals surface area (Å²) in [7, 11) is 0. The standard InChI is InChI=1S/C17H16ClN5O/c1-10-3-6-13(9-11(10)2)20-17(24)15-16(19)23(22-21-15)14-7-4-12(18)5-8-14/h3-9H,19H2,1-2H3,(H,20,24). The number of nitrogens with zero attached hydrogens (tertiary/aromatic N) is 3. The molecule has 0 bridgehead atoms. The Morgan fingerprint density at radius 2 is 1.83 bits per heavy atom. The van der Waals surface area contributed by atoms with Crippen LogP contribution in [0.5, 0.6) is 0 Å². The lowest BCUT2D eigenvalue weighted by Gasteiger charge is -2.07. The van der Waals surface area contributed by atoms with Crippen molar-refractivity contribution in [1.82, 2.24) is 15.0 Å². The van der Waals surface area contributed by atoms with Crippen LogP contribution in [-0.2, 0) is 0 Å². The first-order valence-electron chi connectivity index (χ1n) is 7.31. The van der Waals surface area contributed by atoms with E-state index in [1.807, 2.05) is 32.0 Å². The zero-order chi connectivity index (χ0) is 17.3. The Morgan fingerprint density at radius 3 is 2.50 bits per heavy atom. The molecule has 1 aromatic heterocycles. The van der Waals surface area contributed by atoms with Gasteiger partial charge in [0.2, 0.25) is 0 Å². The van der Waals surface area contributed by atoms with Crippen molar-refractivity contribution in [3.05, 3.63) is 64.3 Å². The van der Waals surface area contributed by atoms with E-state index in [-0.39, 0.29) is 11.5 Å². The van der Waals surface area contributed by atoms with Crippen molar-refractivity contribution < 1.29 is 4.79 Å². The molecule has 0 unspecified atom stereocenters. The minimum atomic E-state index is -0.407. The van der Waals surface area contributed by atoms with Gasteiger partial charge in [0.15, 0.2) is 11.5 Å².